The van der Waals surface area contributed by atoms with Crippen molar-refractivity contribution in [3.05, 3.63) is 69.3 Å². The van der Waals surface area contributed by atoms with E-state index in [-0.39, 0.29) is 10.9 Å². The molecule has 2 aromatic carbocycles. The molecule has 1 aliphatic carbocycles. The topological polar surface area (TPSA) is 49.4 Å². The first-order valence-corrected chi connectivity index (χ1v) is 12.1. The third-order valence-electron chi connectivity index (χ3n) is 5.53. The zero-order chi connectivity index (χ0) is 21.7. The molecule has 1 heterocycles. The number of benzene rings is 2. The molecule has 4 nitrogen and oxygen atoms in total. The van der Waals surface area contributed by atoms with Crippen molar-refractivity contribution < 1.29 is 21.6 Å². The molecule has 160 valence electrons. The molecule has 0 amide bonds. The van der Waals surface area contributed by atoms with E-state index in [1.807, 2.05) is 4.90 Å². The summed E-state index contributed by atoms with van der Waals surface area (Å²) in [5, 5.41) is 3.35. The molecule has 0 fully saturated rings. The lowest BCUT2D eigenvalue weighted by Crippen LogP contribution is -2.42. The second-order valence-electron chi connectivity index (χ2n) is 7.55. The maximum atomic E-state index is 13.2. The molecule has 0 aromatic heterocycles. The van der Waals surface area contributed by atoms with Gasteiger partial charge in [0.25, 0.3) is 0 Å². The number of hydrogen-bond acceptors (Lipinski definition) is 4. The van der Waals surface area contributed by atoms with Crippen LogP contribution in [0.15, 0.2) is 63.1 Å². The van der Waals surface area contributed by atoms with E-state index >= 15 is 0 Å². The van der Waals surface area contributed by atoms with E-state index in [1.165, 1.54) is 12.3 Å². The lowest BCUT2D eigenvalue weighted by Gasteiger charge is -2.37. The van der Waals surface area contributed by atoms with Gasteiger partial charge in [0.2, 0.25) is 0 Å². The van der Waals surface area contributed by atoms with Crippen molar-refractivity contribution >= 4 is 31.5 Å². The van der Waals surface area contributed by atoms with Gasteiger partial charge in [-0.3, -0.25) is 5.32 Å². The van der Waals surface area contributed by atoms with Crippen molar-refractivity contribution in [2.75, 3.05) is 17.8 Å². The minimum absolute atomic E-state index is 0.251. The maximum Gasteiger partial charge on any atom is 0.416 e. The molecule has 1 aliphatic heterocycles. The molecule has 1 N–H and O–H groups in total. The number of nitrogens with one attached hydrogen (secondary N) is 1. The van der Waals surface area contributed by atoms with Gasteiger partial charge in [-0.2, -0.15) is 13.2 Å². The highest BCUT2D eigenvalue weighted by molar-refractivity contribution is 9.10. The van der Waals surface area contributed by atoms with Crippen LogP contribution in [-0.4, -0.2) is 21.3 Å². The average molecular weight is 501 g/mol. The third-order valence-corrected chi connectivity index (χ3v) is 7.18. The monoisotopic (exact) mass is 500 g/mol. The maximum absolute atomic E-state index is 13.2. The fourth-order valence-corrected chi connectivity index (χ4v) is 5.70. The van der Waals surface area contributed by atoms with Crippen LogP contribution >= 0.6 is 15.9 Å². The molecular weight excluding hydrogens is 481 g/mol. The van der Waals surface area contributed by atoms with Gasteiger partial charge in [0.15, 0.2) is 9.84 Å². The van der Waals surface area contributed by atoms with Gasteiger partial charge in [-0.1, -0.05) is 28.1 Å². The van der Waals surface area contributed by atoms with Crippen LogP contribution in [0.5, 0.6) is 0 Å². The van der Waals surface area contributed by atoms with E-state index in [1.54, 1.807) is 24.3 Å². The fraction of sp³-hybridized carbons (Fsp3) is 0.333. The molecule has 0 saturated carbocycles. The van der Waals surface area contributed by atoms with Gasteiger partial charge < -0.3 is 4.90 Å². The summed E-state index contributed by atoms with van der Waals surface area (Å²) in [7, 11) is -3.45. The van der Waals surface area contributed by atoms with Crippen LogP contribution in [0, 0.1) is 0 Å². The van der Waals surface area contributed by atoms with Crippen LogP contribution in [0.4, 0.5) is 18.9 Å². The molecule has 4 rings (SSSR count). The van der Waals surface area contributed by atoms with Crippen molar-refractivity contribution in [3.63, 3.8) is 0 Å². The van der Waals surface area contributed by atoms with E-state index < -0.39 is 21.6 Å². The summed E-state index contributed by atoms with van der Waals surface area (Å²) in [4.78, 5) is 2.12. The zero-order valence-corrected chi connectivity index (χ0v) is 18.5. The molecule has 2 aromatic rings. The summed E-state index contributed by atoms with van der Waals surface area (Å²) in [5.74, 6) is 0. The van der Waals surface area contributed by atoms with Crippen LogP contribution in [0.3, 0.4) is 0 Å². The van der Waals surface area contributed by atoms with Crippen molar-refractivity contribution in [2.45, 2.75) is 36.4 Å². The Hall–Kier alpha value is -1.84. The number of hydrogen-bond donors (Lipinski definition) is 1. The Morgan fingerprint density at radius 2 is 1.90 bits per heavy atom. The average Bonchev–Trinajstić information content (AvgIpc) is 3.16. The van der Waals surface area contributed by atoms with Gasteiger partial charge in [0.1, 0.15) is 0 Å². The summed E-state index contributed by atoms with van der Waals surface area (Å²) in [6.45, 7) is 0.296. The Morgan fingerprint density at radius 3 is 2.60 bits per heavy atom. The zero-order valence-electron chi connectivity index (χ0n) is 16.1. The predicted octanol–water partition coefficient (Wildman–Crippen LogP) is 5.42. The smallest absolute Gasteiger partial charge is 0.332 e. The van der Waals surface area contributed by atoms with Gasteiger partial charge >= 0.3 is 6.18 Å². The molecule has 0 spiro atoms. The Bertz CT molecular complexity index is 1130. The first kappa shape index (κ1) is 21.4. The van der Waals surface area contributed by atoms with E-state index in [4.69, 9.17) is 0 Å². The Morgan fingerprint density at radius 1 is 1.13 bits per heavy atom. The van der Waals surface area contributed by atoms with Gasteiger partial charge in [0, 0.05) is 22.1 Å². The molecule has 9 heteroatoms. The summed E-state index contributed by atoms with van der Waals surface area (Å²) in [6.07, 6.45) is -0.838. The van der Waals surface area contributed by atoms with Crippen LogP contribution in [0.25, 0.3) is 0 Å². The summed E-state index contributed by atoms with van der Waals surface area (Å²) < 4.78 is 64.9. The molecule has 30 heavy (non-hydrogen) atoms. The highest BCUT2D eigenvalue weighted by Crippen LogP contribution is 2.43. The quantitative estimate of drug-likeness (QED) is 0.611. The fourth-order valence-electron chi connectivity index (χ4n) is 4.23. The number of anilines is 1. The van der Waals surface area contributed by atoms with Gasteiger partial charge in [0.05, 0.1) is 23.2 Å². The number of rotatable bonds is 3. The molecule has 0 bridgehead atoms. The lowest BCUT2D eigenvalue weighted by molar-refractivity contribution is -0.137. The predicted molar refractivity (Wildman–Crippen MR) is 113 cm³/mol. The summed E-state index contributed by atoms with van der Waals surface area (Å²) >= 11 is 3.34. The van der Waals surface area contributed by atoms with Crippen molar-refractivity contribution in [1.82, 2.24) is 5.32 Å². The Kier molecular flexibility index (Phi) is 5.48. The minimum atomic E-state index is -4.41. The van der Waals surface area contributed by atoms with E-state index in [0.29, 0.717) is 22.4 Å². The molecular formula is C21H20BrF3N2O2S. The van der Waals surface area contributed by atoms with Gasteiger partial charge in [-0.15, -0.1) is 0 Å². The molecule has 2 aliphatic rings. The minimum Gasteiger partial charge on any atom is -0.332 e. The highest BCUT2D eigenvalue weighted by atomic mass is 79.9. The normalized spacial score (nSPS) is 19.9. The SMILES string of the molecule is CS(=O)(=O)c1cc(Br)ccc1C1NCN(c2cccc(C(F)(F)F)c2)C2=C1CCC2. The molecule has 0 radical (unpaired) electrons. The lowest BCUT2D eigenvalue weighted by atomic mass is 9.95. The number of nitrogens with zero attached hydrogens (tertiary/aromatic N) is 1. The largest absolute Gasteiger partial charge is 0.416 e. The van der Waals surface area contributed by atoms with Gasteiger partial charge in [-0.05, 0) is 60.7 Å². The van der Waals surface area contributed by atoms with E-state index in [0.717, 1.165) is 42.7 Å². The molecule has 1 atom stereocenters. The highest BCUT2D eigenvalue weighted by Gasteiger charge is 2.35. The summed E-state index contributed by atoms with van der Waals surface area (Å²) in [5.41, 5.74) is 2.46. The summed E-state index contributed by atoms with van der Waals surface area (Å²) in [6, 6.07) is 10.2. The Balaban J connectivity index is 1.77. The number of alkyl halides is 3. The van der Waals surface area contributed by atoms with Crippen LogP contribution in [0.1, 0.15) is 36.4 Å². The number of allylic oxidation sites excluding steroid dienone is 1. The second-order valence-corrected chi connectivity index (χ2v) is 10.5. The van der Waals surface area contributed by atoms with Gasteiger partial charge in [-0.25, -0.2) is 8.42 Å². The van der Waals surface area contributed by atoms with E-state index in [2.05, 4.69) is 21.2 Å². The van der Waals surface area contributed by atoms with E-state index in [9.17, 15) is 21.6 Å². The molecule has 1 unspecified atom stereocenters. The standard InChI is InChI=1S/C21H20BrF3N2O2S/c1-30(28,29)19-11-14(22)8-9-17(19)20-16-6-3-7-18(16)27(12-26-20)15-5-2-4-13(10-15)21(23,24)25/h2,4-5,8-11,20,26H,3,6-7,12H2,1H3. The van der Waals surface area contributed by atoms with Crippen LogP contribution in [-0.2, 0) is 16.0 Å². The van der Waals surface area contributed by atoms with Crippen LogP contribution in [0.2, 0.25) is 0 Å². The second kappa shape index (κ2) is 7.69. The molecule has 0 saturated heterocycles. The Labute approximate surface area is 181 Å². The van der Waals surface area contributed by atoms with Crippen molar-refractivity contribution in [2.24, 2.45) is 0 Å². The van der Waals surface area contributed by atoms with Crippen LogP contribution < -0.4 is 10.2 Å². The number of sulfone groups is 1. The first-order chi connectivity index (χ1) is 14.1. The van der Waals surface area contributed by atoms with Crippen molar-refractivity contribution in [3.8, 4) is 0 Å². The number of halogens is 4. The third kappa shape index (κ3) is 4.02. The first-order valence-electron chi connectivity index (χ1n) is 9.45. The van der Waals surface area contributed by atoms with Crippen molar-refractivity contribution in [1.29, 1.82) is 0 Å².